The van der Waals surface area contributed by atoms with Gasteiger partial charge in [0.2, 0.25) is 5.91 Å². The number of amides is 1. The largest absolute Gasteiger partial charge is 0.350 e. The molecule has 0 atom stereocenters. The van der Waals surface area contributed by atoms with Gasteiger partial charge in [0.05, 0.1) is 12.2 Å². The predicted molar refractivity (Wildman–Crippen MR) is 61.6 cm³/mol. The fourth-order valence-electron chi connectivity index (χ4n) is 2.23. The molecule has 0 saturated heterocycles. The van der Waals surface area contributed by atoms with Crippen molar-refractivity contribution in [2.24, 2.45) is 11.8 Å². The summed E-state index contributed by atoms with van der Waals surface area (Å²) in [4.78, 5) is 11.9. The van der Waals surface area contributed by atoms with E-state index in [2.05, 4.69) is 22.4 Å². The molecule has 1 aliphatic carbocycles. The molecule has 16 heavy (non-hydrogen) atoms. The van der Waals surface area contributed by atoms with E-state index in [0.717, 1.165) is 24.5 Å². The van der Waals surface area contributed by atoms with Crippen LogP contribution in [0.1, 0.15) is 38.3 Å². The van der Waals surface area contributed by atoms with E-state index in [0.29, 0.717) is 6.54 Å². The topological polar surface area (TPSA) is 57.8 Å². The maximum atomic E-state index is 11.9. The van der Waals surface area contributed by atoms with E-state index in [4.69, 9.17) is 0 Å². The number of aromatic amines is 1. The van der Waals surface area contributed by atoms with Crippen molar-refractivity contribution >= 4 is 5.91 Å². The molecule has 1 fully saturated rings. The zero-order valence-electron chi connectivity index (χ0n) is 9.70. The Kier molecular flexibility index (Phi) is 3.59. The van der Waals surface area contributed by atoms with Crippen molar-refractivity contribution in [2.75, 3.05) is 0 Å². The van der Waals surface area contributed by atoms with E-state index in [1.54, 1.807) is 6.20 Å². The second kappa shape index (κ2) is 5.14. The molecule has 1 saturated carbocycles. The molecule has 0 aromatic carbocycles. The summed E-state index contributed by atoms with van der Waals surface area (Å²) in [6.07, 6.45) is 6.14. The number of carbonyl (C=O) groups excluding carboxylic acids is 1. The van der Waals surface area contributed by atoms with Gasteiger partial charge in [-0.2, -0.15) is 5.10 Å². The van der Waals surface area contributed by atoms with Crippen LogP contribution in [0.4, 0.5) is 0 Å². The van der Waals surface area contributed by atoms with Crippen LogP contribution in [-0.2, 0) is 11.3 Å². The number of nitrogens with one attached hydrogen (secondary N) is 2. The third-order valence-electron chi connectivity index (χ3n) is 3.40. The van der Waals surface area contributed by atoms with Gasteiger partial charge in [0.1, 0.15) is 0 Å². The predicted octanol–water partition coefficient (Wildman–Crippen LogP) is 1.85. The minimum atomic E-state index is 0.196. The monoisotopic (exact) mass is 221 g/mol. The summed E-state index contributed by atoms with van der Waals surface area (Å²) in [6.45, 7) is 2.82. The molecule has 1 aliphatic rings. The van der Waals surface area contributed by atoms with Crippen molar-refractivity contribution in [2.45, 2.75) is 39.2 Å². The Morgan fingerprint density at radius 3 is 2.88 bits per heavy atom. The van der Waals surface area contributed by atoms with Crippen LogP contribution >= 0.6 is 0 Å². The molecule has 1 aromatic rings. The zero-order chi connectivity index (χ0) is 11.4. The molecule has 0 aliphatic heterocycles. The first-order valence-electron chi connectivity index (χ1n) is 6.01. The lowest BCUT2D eigenvalue weighted by Crippen LogP contribution is -2.32. The number of hydrogen-bond acceptors (Lipinski definition) is 2. The Balaban J connectivity index is 1.75. The highest BCUT2D eigenvalue weighted by molar-refractivity contribution is 5.78. The van der Waals surface area contributed by atoms with E-state index in [9.17, 15) is 4.79 Å². The van der Waals surface area contributed by atoms with Crippen molar-refractivity contribution < 1.29 is 4.79 Å². The van der Waals surface area contributed by atoms with E-state index < -0.39 is 0 Å². The highest BCUT2D eigenvalue weighted by Gasteiger charge is 2.23. The van der Waals surface area contributed by atoms with Gasteiger partial charge < -0.3 is 5.32 Å². The Hall–Kier alpha value is -1.32. The van der Waals surface area contributed by atoms with Gasteiger partial charge in [-0.1, -0.05) is 6.92 Å². The lowest BCUT2D eigenvalue weighted by molar-refractivity contribution is -0.126. The third-order valence-corrected chi connectivity index (χ3v) is 3.40. The van der Waals surface area contributed by atoms with Crippen LogP contribution in [0.2, 0.25) is 0 Å². The maximum absolute atomic E-state index is 11.9. The quantitative estimate of drug-likeness (QED) is 0.818. The number of hydrogen-bond donors (Lipinski definition) is 2. The fraction of sp³-hybridized carbons (Fsp3) is 0.667. The van der Waals surface area contributed by atoms with Crippen LogP contribution in [0.5, 0.6) is 0 Å². The van der Waals surface area contributed by atoms with Crippen LogP contribution in [0, 0.1) is 11.8 Å². The molecule has 0 spiro atoms. The van der Waals surface area contributed by atoms with E-state index >= 15 is 0 Å². The van der Waals surface area contributed by atoms with Gasteiger partial charge in [0.15, 0.2) is 0 Å². The second-order valence-corrected chi connectivity index (χ2v) is 4.76. The van der Waals surface area contributed by atoms with Crippen molar-refractivity contribution in [3.8, 4) is 0 Å². The van der Waals surface area contributed by atoms with Crippen molar-refractivity contribution in [1.29, 1.82) is 0 Å². The van der Waals surface area contributed by atoms with Crippen LogP contribution in [0.25, 0.3) is 0 Å². The molecule has 88 valence electrons. The molecule has 1 heterocycles. The third kappa shape index (κ3) is 2.84. The van der Waals surface area contributed by atoms with Gasteiger partial charge >= 0.3 is 0 Å². The second-order valence-electron chi connectivity index (χ2n) is 4.76. The molecule has 1 aromatic heterocycles. The molecule has 0 bridgehead atoms. The molecular formula is C12H19N3O. The molecule has 4 nitrogen and oxygen atoms in total. The Labute approximate surface area is 95.8 Å². The molecule has 0 radical (unpaired) electrons. The number of carbonyl (C=O) groups is 1. The minimum absolute atomic E-state index is 0.196. The summed E-state index contributed by atoms with van der Waals surface area (Å²) in [5, 5.41) is 9.64. The normalized spacial score (nSPS) is 25.3. The molecule has 0 unspecified atom stereocenters. The molecule has 4 heteroatoms. The average Bonchev–Trinajstić information content (AvgIpc) is 2.80. The Morgan fingerprint density at radius 1 is 1.50 bits per heavy atom. The minimum Gasteiger partial charge on any atom is -0.350 e. The lowest BCUT2D eigenvalue weighted by Gasteiger charge is -2.25. The van der Waals surface area contributed by atoms with E-state index in [-0.39, 0.29) is 11.8 Å². The van der Waals surface area contributed by atoms with Gasteiger partial charge in [-0.05, 0) is 37.7 Å². The maximum Gasteiger partial charge on any atom is 0.223 e. The van der Waals surface area contributed by atoms with Crippen LogP contribution in [-0.4, -0.2) is 16.1 Å². The fourth-order valence-corrected chi connectivity index (χ4v) is 2.23. The van der Waals surface area contributed by atoms with Gasteiger partial charge in [-0.15, -0.1) is 0 Å². The summed E-state index contributed by atoms with van der Waals surface area (Å²) >= 11 is 0. The summed E-state index contributed by atoms with van der Waals surface area (Å²) in [6, 6.07) is 1.88. The molecule has 2 N–H and O–H groups in total. The van der Waals surface area contributed by atoms with Crippen LogP contribution < -0.4 is 5.32 Å². The van der Waals surface area contributed by atoms with Crippen molar-refractivity contribution in [1.82, 2.24) is 15.5 Å². The summed E-state index contributed by atoms with van der Waals surface area (Å²) < 4.78 is 0. The first-order valence-corrected chi connectivity index (χ1v) is 6.01. The van der Waals surface area contributed by atoms with E-state index in [1.165, 1.54) is 12.8 Å². The van der Waals surface area contributed by atoms with Crippen molar-refractivity contribution in [3.63, 3.8) is 0 Å². The highest BCUT2D eigenvalue weighted by atomic mass is 16.1. The first-order chi connectivity index (χ1) is 7.75. The summed E-state index contributed by atoms with van der Waals surface area (Å²) in [7, 11) is 0. The smallest absolute Gasteiger partial charge is 0.223 e. The average molecular weight is 221 g/mol. The summed E-state index contributed by atoms with van der Waals surface area (Å²) in [5.74, 6) is 1.21. The summed E-state index contributed by atoms with van der Waals surface area (Å²) in [5.41, 5.74) is 0.956. The van der Waals surface area contributed by atoms with Gasteiger partial charge in [-0.25, -0.2) is 0 Å². The Bertz CT molecular complexity index is 326. The van der Waals surface area contributed by atoms with E-state index in [1.807, 2.05) is 6.07 Å². The van der Waals surface area contributed by atoms with Gasteiger partial charge in [0.25, 0.3) is 0 Å². The van der Waals surface area contributed by atoms with Crippen LogP contribution in [0.15, 0.2) is 12.3 Å². The highest BCUT2D eigenvalue weighted by Crippen LogP contribution is 2.28. The number of nitrogens with zero attached hydrogens (tertiary/aromatic N) is 1. The first kappa shape index (κ1) is 11.2. The molecule has 1 amide bonds. The SMILES string of the molecule is CC1CCC(C(=O)NCc2ccn[nH]2)CC1. The van der Waals surface area contributed by atoms with Crippen molar-refractivity contribution in [3.05, 3.63) is 18.0 Å². The van der Waals surface area contributed by atoms with Gasteiger partial charge in [0, 0.05) is 12.1 Å². The molecular weight excluding hydrogens is 202 g/mol. The number of H-pyrrole nitrogens is 1. The Morgan fingerprint density at radius 2 is 2.25 bits per heavy atom. The number of aromatic nitrogens is 2. The zero-order valence-corrected chi connectivity index (χ0v) is 9.70. The molecule has 2 rings (SSSR count). The lowest BCUT2D eigenvalue weighted by atomic mass is 9.82. The number of rotatable bonds is 3. The van der Waals surface area contributed by atoms with Gasteiger partial charge in [-0.3, -0.25) is 9.89 Å². The van der Waals surface area contributed by atoms with Crippen LogP contribution in [0.3, 0.4) is 0 Å². The standard InChI is InChI=1S/C12H19N3O/c1-9-2-4-10(5-3-9)12(16)13-8-11-6-7-14-15-11/h6-7,9-10H,2-5,8H2,1H3,(H,13,16)(H,14,15).